The third kappa shape index (κ3) is 3.46. The summed E-state index contributed by atoms with van der Waals surface area (Å²) in [5, 5.41) is 2.54. The van der Waals surface area contributed by atoms with E-state index in [1.54, 1.807) is 0 Å². The molecule has 2 aromatic rings. The fourth-order valence-electron chi connectivity index (χ4n) is 1.92. The average Bonchev–Trinajstić information content (AvgIpc) is 2.54. The number of carbonyl (C=O) groups excluding carboxylic acids is 1. The van der Waals surface area contributed by atoms with Gasteiger partial charge in [-0.15, -0.1) is 0 Å². The van der Waals surface area contributed by atoms with E-state index in [0.717, 1.165) is 4.31 Å². The molecule has 0 radical (unpaired) electrons. The Morgan fingerprint density at radius 3 is 2.35 bits per heavy atom. The van der Waals surface area contributed by atoms with Crippen molar-refractivity contribution in [1.82, 2.24) is 5.32 Å². The van der Waals surface area contributed by atoms with Gasteiger partial charge in [0.15, 0.2) is 0 Å². The first-order chi connectivity index (χ1) is 10.8. The average molecular weight is 357 g/mol. The second-order valence-electron chi connectivity index (χ2n) is 4.67. The van der Waals surface area contributed by atoms with Crippen molar-refractivity contribution in [2.24, 2.45) is 0 Å². The van der Waals surface area contributed by atoms with E-state index in [9.17, 15) is 17.6 Å². The van der Waals surface area contributed by atoms with Gasteiger partial charge < -0.3 is 5.32 Å². The Kier molecular flexibility index (Phi) is 4.91. The molecule has 23 heavy (non-hydrogen) atoms. The molecule has 0 atom stereocenters. The number of amides is 1. The van der Waals surface area contributed by atoms with Crippen LogP contribution in [0.1, 0.15) is 10.4 Å². The number of benzene rings is 2. The zero-order valence-corrected chi connectivity index (χ0v) is 14.0. The quantitative estimate of drug-likeness (QED) is 0.915. The minimum atomic E-state index is -3.91. The van der Waals surface area contributed by atoms with E-state index in [2.05, 4.69) is 5.32 Å². The fraction of sp³-hybridized carbons (Fsp3) is 0.133. The van der Waals surface area contributed by atoms with Crippen LogP contribution in [0.2, 0.25) is 5.02 Å². The maximum Gasteiger partial charge on any atom is 0.264 e. The summed E-state index contributed by atoms with van der Waals surface area (Å²) in [5.41, 5.74) is 0.352. The summed E-state index contributed by atoms with van der Waals surface area (Å²) in [4.78, 5) is 11.7. The van der Waals surface area contributed by atoms with Gasteiger partial charge in [-0.1, -0.05) is 11.6 Å². The molecule has 8 heteroatoms. The van der Waals surface area contributed by atoms with Crippen molar-refractivity contribution in [3.8, 4) is 0 Å². The number of sulfonamides is 1. The second kappa shape index (κ2) is 6.55. The maximum absolute atomic E-state index is 13.0. The molecule has 2 aromatic carbocycles. The van der Waals surface area contributed by atoms with Crippen LogP contribution in [-0.4, -0.2) is 28.4 Å². The van der Waals surface area contributed by atoms with Gasteiger partial charge in [0.2, 0.25) is 0 Å². The monoisotopic (exact) mass is 356 g/mol. The van der Waals surface area contributed by atoms with Gasteiger partial charge in [-0.2, -0.15) is 0 Å². The molecule has 1 amide bonds. The Morgan fingerprint density at radius 1 is 1.17 bits per heavy atom. The molecule has 0 spiro atoms. The lowest BCUT2D eigenvalue weighted by Gasteiger charge is -2.20. The van der Waals surface area contributed by atoms with E-state index in [-0.39, 0.29) is 15.5 Å². The van der Waals surface area contributed by atoms with Crippen LogP contribution in [0.15, 0.2) is 47.4 Å². The largest absolute Gasteiger partial charge is 0.355 e. The Labute approximate surface area is 138 Å². The molecular formula is C15H14ClFN2O3S. The molecule has 5 nitrogen and oxygen atoms in total. The van der Waals surface area contributed by atoms with Gasteiger partial charge in [-0.3, -0.25) is 9.10 Å². The lowest BCUT2D eigenvalue weighted by atomic mass is 10.2. The van der Waals surface area contributed by atoms with Crippen molar-refractivity contribution in [2.75, 3.05) is 18.4 Å². The van der Waals surface area contributed by atoms with Gasteiger partial charge in [-0.25, -0.2) is 12.8 Å². The van der Waals surface area contributed by atoms with Gasteiger partial charge in [0.25, 0.3) is 15.9 Å². The van der Waals surface area contributed by atoms with Gasteiger partial charge in [0, 0.05) is 14.1 Å². The smallest absolute Gasteiger partial charge is 0.264 e. The summed E-state index contributed by atoms with van der Waals surface area (Å²) < 4.78 is 39.3. The van der Waals surface area contributed by atoms with Crippen LogP contribution in [0.25, 0.3) is 0 Å². The molecule has 0 unspecified atom stereocenters. The number of halogens is 2. The number of carbonyl (C=O) groups is 1. The van der Waals surface area contributed by atoms with Crippen LogP contribution in [0.5, 0.6) is 0 Å². The van der Waals surface area contributed by atoms with Crippen LogP contribution in [-0.2, 0) is 10.0 Å². The third-order valence-corrected chi connectivity index (χ3v) is 5.37. The highest BCUT2D eigenvalue weighted by Crippen LogP contribution is 2.25. The van der Waals surface area contributed by atoms with E-state index in [1.165, 1.54) is 56.6 Å². The van der Waals surface area contributed by atoms with Gasteiger partial charge >= 0.3 is 0 Å². The van der Waals surface area contributed by atoms with Crippen LogP contribution in [0.3, 0.4) is 0 Å². The molecule has 0 bridgehead atoms. The molecule has 1 N–H and O–H groups in total. The highest BCUT2D eigenvalue weighted by atomic mass is 35.5. The number of nitrogens with one attached hydrogen (secondary N) is 1. The molecular weight excluding hydrogens is 343 g/mol. The Hall–Kier alpha value is -2.12. The first kappa shape index (κ1) is 17.2. The summed E-state index contributed by atoms with van der Waals surface area (Å²) in [6.07, 6.45) is 0. The zero-order chi connectivity index (χ0) is 17.2. The van der Waals surface area contributed by atoms with E-state index in [1.807, 2.05) is 0 Å². The molecule has 0 aliphatic carbocycles. The van der Waals surface area contributed by atoms with Crippen LogP contribution < -0.4 is 9.62 Å². The number of hydrogen-bond acceptors (Lipinski definition) is 3. The number of nitrogens with zero attached hydrogens (tertiary/aromatic N) is 1. The van der Waals surface area contributed by atoms with Crippen LogP contribution in [0, 0.1) is 5.82 Å². The molecule has 0 saturated heterocycles. The molecule has 2 rings (SSSR count). The Morgan fingerprint density at radius 2 is 1.78 bits per heavy atom. The Balaban J connectivity index is 2.47. The zero-order valence-electron chi connectivity index (χ0n) is 12.4. The second-order valence-corrected chi connectivity index (χ2v) is 7.05. The molecule has 122 valence electrons. The van der Waals surface area contributed by atoms with Crippen molar-refractivity contribution in [3.63, 3.8) is 0 Å². The fourth-order valence-corrected chi connectivity index (χ4v) is 3.35. The lowest BCUT2D eigenvalue weighted by Crippen LogP contribution is -2.27. The number of hydrogen-bond donors (Lipinski definition) is 1. The van der Waals surface area contributed by atoms with Crippen molar-refractivity contribution >= 4 is 33.2 Å². The molecule has 0 aliphatic rings. The van der Waals surface area contributed by atoms with Gasteiger partial charge in [-0.05, 0) is 42.5 Å². The molecule has 0 fully saturated rings. The Bertz CT molecular complexity index is 838. The highest BCUT2D eigenvalue weighted by molar-refractivity contribution is 7.92. The molecule has 0 saturated carbocycles. The van der Waals surface area contributed by atoms with E-state index in [0.29, 0.717) is 5.69 Å². The highest BCUT2D eigenvalue weighted by Gasteiger charge is 2.23. The standard InChI is InChI=1S/C15H14ClFN2O3S/c1-18-15(20)13-9-12(7-8-14(13)16)23(21,22)19(2)11-5-3-10(17)4-6-11/h3-9H,1-2H3,(H,18,20). The normalized spacial score (nSPS) is 11.1. The number of rotatable bonds is 4. The summed E-state index contributed by atoms with van der Waals surface area (Å²) in [7, 11) is -1.15. The molecule has 0 aromatic heterocycles. The van der Waals surface area contributed by atoms with Crippen molar-refractivity contribution in [2.45, 2.75) is 4.90 Å². The van der Waals surface area contributed by atoms with Crippen molar-refractivity contribution in [3.05, 3.63) is 58.9 Å². The third-order valence-electron chi connectivity index (χ3n) is 3.26. The minimum absolute atomic E-state index is 0.0581. The predicted octanol–water partition coefficient (Wildman–Crippen LogP) is 2.66. The summed E-state index contributed by atoms with van der Waals surface area (Å²) in [5.74, 6) is -0.954. The van der Waals surface area contributed by atoms with E-state index in [4.69, 9.17) is 11.6 Å². The van der Waals surface area contributed by atoms with Crippen molar-refractivity contribution in [1.29, 1.82) is 0 Å². The summed E-state index contributed by atoms with van der Waals surface area (Å²) >= 11 is 5.92. The SMILES string of the molecule is CNC(=O)c1cc(S(=O)(=O)N(C)c2ccc(F)cc2)ccc1Cl. The van der Waals surface area contributed by atoms with Crippen LogP contribution >= 0.6 is 11.6 Å². The first-order valence-corrected chi connectivity index (χ1v) is 8.35. The molecule has 0 heterocycles. The van der Waals surface area contributed by atoms with E-state index >= 15 is 0 Å². The minimum Gasteiger partial charge on any atom is -0.355 e. The lowest BCUT2D eigenvalue weighted by molar-refractivity contribution is 0.0963. The van der Waals surface area contributed by atoms with Crippen molar-refractivity contribution < 1.29 is 17.6 Å². The van der Waals surface area contributed by atoms with Gasteiger partial charge in [0.05, 0.1) is 21.2 Å². The number of anilines is 1. The predicted molar refractivity (Wildman–Crippen MR) is 86.8 cm³/mol. The summed E-state index contributed by atoms with van der Waals surface area (Å²) in [6, 6.07) is 8.89. The maximum atomic E-state index is 13.0. The van der Waals surface area contributed by atoms with E-state index < -0.39 is 21.7 Å². The topological polar surface area (TPSA) is 66.5 Å². The van der Waals surface area contributed by atoms with Crippen LogP contribution in [0.4, 0.5) is 10.1 Å². The first-order valence-electron chi connectivity index (χ1n) is 6.53. The molecule has 0 aliphatic heterocycles. The summed E-state index contributed by atoms with van der Waals surface area (Å²) in [6.45, 7) is 0. The van der Waals surface area contributed by atoms with Gasteiger partial charge in [0.1, 0.15) is 5.82 Å².